The predicted molar refractivity (Wildman–Crippen MR) is 83.5 cm³/mol. The van der Waals surface area contributed by atoms with Gasteiger partial charge in [0.2, 0.25) is 0 Å². The number of rotatable bonds is 2. The Morgan fingerprint density at radius 3 is 1.52 bits per heavy atom. The molecule has 0 bridgehead atoms. The molecule has 0 saturated carbocycles. The van der Waals surface area contributed by atoms with Gasteiger partial charge in [-0.15, -0.1) is 11.3 Å². The molecule has 0 aliphatic heterocycles. The molecule has 4 rings (SSSR count). The average Bonchev–Trinajstić information content (AvgIpc) is 3.06. The van der Waals surface area contributed by atoms with Crippen molar-refractivity contribution in [3.8, 4) is 20.9 Å². The summed E-state index contributed by atoms with van der Waals surface area (Å²) in [4.78, 5) is 13.3. The van der Waals surface area contributed by atoms with Gasteiger partial charge in [0.05, 0.1) is 9.75 Å². The van der Waals surface area contributed by atoms with E-state index in [1.807, 2.05) is 60.7 Å². The topological polar surface area (TPSA) is 43.4 Å². The smallest absolute Gasteiger partial charge is 0.389 e. The number of hydrogen-bond donors (Lipinski definition) is 0. The monoisotopic (exact) mass is 294 g/mol. The second-order valence-electron chi connectivity index (χ2n) is 4.60. The molecule has 0 unspecified atom stereocenters. The number of thiophene rings is 1. The Morgan fingerprint density at radius 1 is 0.667 bits per heavy atom. The molecular formula is C17H10O3S. The first-order valence-corrected chi connectivity index (χ1v) is 7.32. The zero-order valence-corrected chi connectivity index (χ0v) is 11.7. The summed E-state index contributed by atoms with van der Waals surface area (Å²) in [6, 6.07) is 19.7. The molecule has 3 nitrogen and oxygen atoms in total. The Bertz CT molecular complexity index is 871. The second-order valence-corrected chi connectivity index (χ2v) is 5.63. The summed E-state index contributed by atoms with van der Waals surface area (Å²) in [5.41, 5.74) is 3.07. The van der Waals surface area contributed by atoms with Gasteiger partial charge in [-0.05, 0) is 11.1 Å². The summed E-state index contributed by atoms with van der Waals surface area (Å²) in [6.07, 6.45) is 0. The molecule has 102 valence electrons. The lowest BCUT2D eigenvalue weighted by Crippen LogP contribution is -1.85. The van der Waals surface area contributed by atoms with Crippen molar-refractivity contribution in [3.63, 3.8) is 0 Å². The summed E-state index contributed by atoms with van der Waals surface area (Å²) in [5.74, 6) is -0.665. The Labute approximate surface area is 124 Å². The normalized spacial score (nSPS) is 11.0. The summed E-state index contributed by atoms with van der Waals surface area (Å²) in [6.45, 7) is 0. The van der Waals surface area contributed by atoms with Crippen molar-refractivity contribution in [1.82, 2.24) is 0 Å². The van der Waals surface area contributed by atoms with Crippen molar-refractivity contribution in [3.05, 3.63) is 71.3 Å². The van der Waals surface area contributed by atoms with Crippen LogP contribution in [0.3, 0.4) is 0 Å². The van der Waals surface area contributed by atoms with E-state index in [9.17, 15) is 4.79 Å². The molecule has 0 spiro atoms. The number of hydrogen-bond acceptors (Lipinski definition) is 4. The van der Waals surface area contributed by atoms with Crippen LogP contribution in [-0.4, -0.2) is 0 Å². The Morgan fingerprint density at radius 2 is 1.10 bits per heavy atom. The highest BCUT2D eigenvalue weighted by atomic mass is 32.1. The zero-order chi connectivity index (χ0) is 14.2. The van der Waals surface area contributed by atoms with Crippen LogP contribution in [0.4, 0.5) is 0 Å². The molecule has 2 aromatic heterocycles. The second kappa shape index (κ2) is 4.75. The van der Waals surface area contributed by atoms with E-state index in [1.54, 1.807) is 11.3 Å². The van der Waals surface area contributed by atoms with E-state index in [0.717, 1.165) is 20.9 Å². The first-order valence-electron chi connectivity index (χ1n) is 6.50. The van der Waals surface area contributed by atoms with E-state index < -0.39 is 5.82 Å². The van der Waals surface area contributed by atoms with Gasteiger partial charge in [0.1, 0.15) is 0 Å². The van der Waals surface area contributed by atoms with E-state index in [4.69, 9.17) is 8.83 Å². The molecule has 0 amide bonds. The van der Waals surface area contributed by atoms with E-state index in [2.05, 4.69) is 0 Å². The highest BCUT2D eigenvalue weighted by molar-refractivity contribution is 7.20. The largest absolute Gasteiger partial charge is 0.519 e. The molecule has 4 aromatic rings. The van der Waals surface area contributed by atoms with E-state index in [1.165, 1.54) is 0 Å². The van der Waals surface area contributed by atoms with Gasteiger partial charge >= 0.3 is 5.82 Å². The first-order chi connectivity index (χ1) is 10.3. The third kappa shape index (κ3) is 2.00. The van der Waals surface area contributed by atoms with Crippen molar-refractivity contribution >= 4 is 22.5 Å². The Kier molecular flexibility index (Phi) is 2.75. The maximum atomic E-state index is 11.5. The lowest BCUT2D eigenvalue weighted by Gasteiger charge is -1.96. The van der Waals surface area contributed by atoms with Crippen LogP contribution in [0.1, 0.15) is 0 Å². The van der Waals surface area contributed by atoms with Crippen LogP contribution in [-0.2, 0) is 0 Å². The van der Waals surface area contributed by atoms with Gasteiger partial charge in [-0.1, -0.05) is 60.7 Å². The van der Waals surface area contributed by atoms with E-state index in [0.29, 0.717) is 11.2 Å². The summed E-state index contributed by atoms with van der Waals surface area (Å²) in [5, 5.41) is 0. The highest BCUT2D eigenvalue weighted by Crippen LogP contribution is 2.43. The molecule has 4 heteroatoms. The minimum Gasteiger partial charge on any atom is -0.389 e. The highest BCUT2D eigenvalue weighted by Gasteiger charge is 2.20. The standard InChI is InChI=1S/C17H10O3S/c18-17-19-13-14(20-17)16(12-9-5-2-6-10-12)21-15(13)11-7-3-1-4-8-11/h1-10H. The fourth-order valence-corrected chi connectivity index (χ4v) is 3.50. The maximum Gasteiger partial charge on any atom is 0.519 e. The van der Waals surface area contributed by atoms with Crippen molar-refractivity contribution < 1.29 is 8.83 Å². The minimum absolute atomic E-state index is 0.523. The van der Waals surface area contributed by atoms with Crippen LogP contribution in [0.2, 0.25) is 0 Å². The van der Waals surface area contributed by atoms with E-state index >= 15 is 0 Å². The Hall–Kier alpha value is -2.59. The van der Waals surface area contributed by atoms with Gasteiger partial charge in [0, 0.05) is 0 Å². The predicted octanol–water partition coefficient (Wildman–Crippen LogP) is 4.78. The van der Waals surface area contributed by atoms with Gasteiger partial charge in [0.25, 0.3) is 0 Å². The average molecular weight is 294 g/mol. The lowest BCUT2D eigenvalue weighted by atomic mass is 10.1. The third-order valence-electron chi connectivity index (χ3n) is 3.27. The molecule has 2 aromatic carbocycles. The number of fused-ring (bicyclic) bond motifs is 1. The van der Waals surface area contributed by atoms with Gasteiger partial charge < -0.3 is 8.83 Å². The fraction of sp³-hybridized carbons (Fsp3) is 0. The molecule has 0 saturated heterocycles. The fourth-order valence-electron chi connectivity index (χ4n) is 2.33. The van der Waals surface area contributed by atoms with Crippen LogP contribution in [0.25, 0.3) is 32.0 Å². The molecule has 21 heavy (non-hydrogen) atoms. The molecule has 0 aliphatic carbocycles. The zero-order valence-electron chi connectivity index (χ0n) is 10.9. The number of benzene rings is 2. The van der Waals surface area contributed by atoms with Crippen LogP contribution in [0.15, 0.2) is 74.3 Å². The van der Waals surface area contributed by atoms with Crippen LogP contribution < -0.4 is 5.82 Å². The summed E-state index contributed by atoms with van der Waals surface area (Å²) >= 11 is 1.57. The van der Waals surface area contributed by atoms with Gasteiger partial charge in [-0.25, -0.2) is 4.79 Å². The quantitative estimate of drug-likeness (QED) is 0.534. The molecule has 2 heterocycles. The molecular weight excluding hydrogens is 284 g/mol. The lowest BCUT2D eigenvalue weighted by molar-refractivity contribution is 0.409. The first kappa shape index (κ1) is 12.2. The van der Waals surface area contributed by atoms with Crippen molar-refractivity contribution in [2.75, 3.05) is 0 Å². The Balaban J connectivity index is 2.04. The minimum atomic E-state index is -0.665. The van der Waals surface area contributed by atoms with Crippen LogP contribution >= 0.6 is 11.3 Å². The SMILES string of the molecule is O=c1oc2c(-c3ccccc3)sc(-c3ccccc3)c2o1. The van der Waals surface area contributed by atoms with Crippen molar-refractivity contribution in [1.29, 1.82) is 0 Å². The van der Waals surface area contributed by atoms with Gasteiger partial charge in [-0.2, -0.15) is 0 Å². The molecule has 0 N–H and O–H groups in total. The molecule has 0 fully saturated rings. The molecule has 0 radical (unpaired) electrons. The van der Waals surface area contributed by atoms with Crippen LogP contribution in [0, 0.1) is 0 Å². The van der Waals surface area contributed by atoms with Gasteiger partial charge in [-0.3, -0.25) is 0 Å². The third-order valence-corrected chi connectivity index (χ3v) is 4.52. The van der Waals surface area contributed by atoms with E-state index in [-0.39, 0.29) is 0 Å². The van der Waals surface area contributed by atoms with Crippen LogP contribution in [0.5, 0.6) is 0 Å². The molecule has 0 aliphatic rings. The van der Waals surface area contributed by atoms with Crippen molar-refractivity contribution in [2.45, 2.75) is 0 Å². The maximum absolute atomic E-state index is 11.5. The summed E-state index contributed by atoms with van der Waals surface area (Å²) in [7, 11) is 0. The summed E-state index contributed by atoms with van der Waals surface area (Å²) < 4.78 is 10.5. The van der Waals surface area contributed by atoms with Gasteiger partial charge in [0.15, 0.2) is 11.2 Å². The van der Waals surface area contributed by atoms with Crippen molar-refractivity contribution in [2.24, 2.45) is 0 Å². The molecule has 0 atom stereocenters.